The monoisotopic (exact) mass is 408 g/mol. The molecular weight excluding hydrogens is 380 g/mol. The molecule has 0 N–H and O–H groups in total. The zero-order chi connectivity index (χ0) is 20.8. The zero-order valence-corrected chi connectivity index (χ0v) is 17.6. The van der Waals surface area contributed by atoms with E-state index in [1.165, 1.54) is 5.56 Å². The van der Waals surface area contributed by atoms with Crippen molar-refractivity contribution in [3.8, 4) is 5.69 Å². The highest BCUT2D eigenvalue weighted by molar-refractivity contribution is 5.81. The molecule has 0 aliphatic carbocycles. The third kappa shape index (κ3) is 3.51. The number of ketones is 1. The number of carbonyl (C=O) groups is 2. The highest BCUT2D eigenvalue weighted by Crippen LogP contribution is 2.32. The lowest BCUT2D eigenvalue weighted by atomic mass is 9.87. The molecule has 0 radical (unpaired) electrons. The van der Waals surface area contributed by atoms with Gasteiger partial charge in [-0.3, -0.25) is 4.79 Å². The van der Waals surface area contributed by atoms with Crippen LogP contribution in [-0.4, -0.2) is 70.3 Å². The fourth-order valence-electron chi connectivity index (χ4n) is 4.97. The van der Waals surface area contributed by atoms with Crippen molar-refractivity contribution in [2.24, 2.45) is 5.92 Å². The lowest BCUT2D eigenvalue weighted by Gasteiger charge is -2.46. The molecule has 2 amide bonds. The summed E-state index contributed by atoms with van der Waals surface area (Å²) in [7, 11) is 0. The van der Waals surface area contributed by atoms with E-state index in [-0.39, 0.29) is 30.4 Å². The second-order valence-electron chi connectivity index (χ2n) is 8.90. The van der Waals surface area contributed by atoms with Gasteiger partial charge in [-0.2, -0.15) is 5.10 Å². The standard InChI is InChI=1S/C23H28N4O3/c1-15-9-16(2)27(24-15)20-5-3-17(4-6-20)19-12-26(13-19)23(29)25-8-7-22-18(11-25)10-21(28)14-30-22/h3-6,9,18-19,22H,7-8,10-14H2,1-2H3/t18-,22+/m1/s1. The summed E-state index contributed by atoms with van der Waals surface area (Å²) < 4.78 is 7.60. The van der Waals surface area contributed by atoms with Crippen molar-refractivity contribution in [3.63, 3.8) is 0 Å². The van der Waals surface area contributed by atoms with Crippen molar-refractivity contribution in [1.82, 2.24) is 19.6 Å². The average molecular weight is 409 g/mol. The fourth-order valence-corrected chi connectivity index (χ4v) is 4.97. The lowest BCUT2D eigenvalue weighted by molar-refractivity contribution is -0.140. The molecule has 0 saturated carbocycles. The molecule has 158 valence electrons. The van der Waals surface area contributed by atoms with Crippen molar-refractivity contribution in [3.05, 3.63) is 47.3 Å². The molecule has 0 bridgehead atoms. The van der Waals surface area contributed by atoms with Crippen molar-refractivity contribution in [2.75, 3.05) is 32.8 Å². The third-order valence-corrected chi connectivity index (χ3v) is 6.65. The molecule has 2 atom stereocenters. The number of hydrogen-bond acceptors (Lipinski definition) is 4. The van der Waals surface area contributed by atoms with E-state index in [9.17, 15) is 9.59 Å². The number of carbonyl (C=O) groups excluding carboxylic acids is 2. The van der Waals surface area contributed by atoms with Gasteiger partial charge in [0, 0.05) is 50.1 Å². The molecule has 0 unspecified atom stereocenters. The predicted octanol–water partition coefficient (Wildman–Crippen LogP) is 2.69. The van der Waals surface area contributed by atoms with Gasteiger partial charge in [-0.15, -0.1) is 0 Å². The SMILES string of the molecule is Cc1cc(C)n(-c2ccc(C3CN(C(=O)N4CC[C@@H]5OCC(=O)C[C@@H]5C4)C3)cc2)n1. The summed E-state index contributed by atoms with van der Waals surface area (Å²) in [5.74, 6) is 0.682. The van der Waals surface area contributed by atoms with Crippen LogP contribution in [0.3, 0.4) is 0 Å². The van der Waals surface area contributed by atoms with Gasteiger partial charge in [0.15, 0.2) is 5.78 Å². The van der Waals surface area contributed by atoms with Crippen molar-refractivity contribution >= 4 is 11.8 Å². The van der Waals surface area contributed by atoms with Crippen LogP contribution in [-0.2, 0) is 9.53 Å². The first-order chi connectivity index (χ1) is 14.5. The Labute approximate surface area is 176 Å². The maximum atomic E-state index is 12.9. The molecular formula is C23H28N4O3. The van der Waals surface area contributed by atoms with Crippen molar-refractivity contribution in [1.29, 1.82) is 0 Å². The average Bonchev–Trinajstić information content (AvgIpc) is 3.04. The van der Waals surface area contributed by atoms with E-state index in [1.54, 1.807) is 0 Å². The quantitative estimate of drug-likeness (QED) is 0.766. The van der Waals surface area contributed by atoms with E-state index in [0.29, 0.717) is 25.4 Å². The summed E-state index contributed by atoms with van der Waals surface area (Å²) in [6.45, 7) is 7.14. The molecule has 7 heteroatoms. The summed E-state index contributed by atoms with van der Waals surface area (Å²) in [4.78, 5) is 28.4. The first-order valence-corrected chi connectivity index (χ1v) is 10.8. The molecule has 3 saturated heterocycles. The minimum absolute atomic E-state index is 0.0991. The number of Topliss-reactive ketones (excluding diaryl/α,β-unsaturated/α-hetero) is 1. The smallest absolute Gasteiger partial charge is 0.320 e. The number of piperidine rings is 1. The summed E-state index contributed by atoms with van der Waals surface area (Å²) >= 11 is 0. The molecule has 3 aliphatic rings. The number of rotatable bonds is 2. The van der Waals surface area contributed by atoms with Crippen LogP contribution in [0.25, 0.3) is 5.69 Å². The Morgan fingerprint density at radius 2 is 1.87 bits per heavy atom. The number of amides is 2. The Kier molecular flexibility index (Phi) is 4.85. The van der Waals surface area contributed by atoms with Crippen molar-refractivity contribution in [2.45, 2.75) is 38.7 Å². The van der Waals surface area contributed by atoms with Gasteiger partial charge >= 0.3 is 6.03 Å². The van der Waals surface area contributed by atoms with Crippen LogP contribution in [0, 0.1) is 19.8 Å². The molecule has 2 aromatic rings. The van der Waals surface area contributed by atoms with E-state index < -0.39 is 0 Å². The van der Waals surface area contributed by atoms with E-state index in [2.05, 4.69) is 42.4 Å². The molecule has 5 rings (SSSR count). The summed E-state index contributed by atoms with van der Waals surface area (Å²) in [5, 5.41) is 4.54. The second kappa shape index (κ2) is 7.54. The number of hydrogen-bond donors (Lipinski definition) is 0. The topological polar surface area (TPSA) is 67.7 Å². The highest BCUT2D eigenvalue weighted by atomic mass is 16.5. The number of benzene rings is 1. The maximum Gasteiger partial charge on any atom is 0.320 e. The van der Waals surface area contributed by atoms with E-state index in [1.807, 2.05) is 21.4 Å². The molecule has 30 heavy (non-hydrogen) atoms. The zero-order valence-electron chi connectivity index (χ0n) is 17.6. The Hall–Kier alpha value is -2.67. The number of aromatic nitrogens is 2. The molecule has 0 spiro atoms. The van der Waals surface area contributed by atoms with Gasteiger partial charge < -0.3 is 14.5 Å². The van der Waals surface area contributed by atoms with E-state index >= 15 is 0 Å². The molecule has 1 aromatic carbocycles. The van der Waals surface area contributed by atoms with Crippen LogP contribution in [0.4, 0.5) is 4.79 Å². The van der Waals surface area contributed by atoms with Crippen molar-refractivity contribution < 1.29 is 14.3 Å². The number of urea groups is 1. The van der Waals surface area contributed by atoms with Crippen LogP contribution in [0.1, 0.15) is 35.7 Å². The Bertz CT molecular complexity index is 961. The van der Waals surface area contributed by atoms with E-state index in [4.69, 9.17) is 4.74 Å². The largest absolute Gasteiger partial charge is 0.370 e. The summed E-state index contributed by atoms with van der Waals surface area (Å²) in [5.41, 5.74) is 4.45. The van der Waals surface area contributed by atoms with Gasteiger partial charge in [0.2, 0.25) is 0 Å². The molecule has 1 aromatic heterocycles. The Balaban J connectivity index is 1.17. The van der Waals surface area contributed by atoms with E-state index in [0.717, 1.165) is 36.6 Å². The van der Waals surface area contributed by atoms with Crippen LogP contribution in [0.5, 0.6) is 0 Å². The van der Waals surface area contributed by atoms with Crippen LogP contribution in [0.15, 0.2) is 30.3 Å². The fraction of sp³-hybridized carbons (Fsp3) is 0.522. The first kappa shape index (κ1) is 19.3. The Morgan fingerprint density at radius 3 is 2.57 bits per heavy atom. The number of ether oxygens (including phenoxy) is 1. The van der Waals surface area contributed by atoms with Gasteiger partial charge in [0.25, 0.3) is 0 Å². The van der Waals surface area contributed by atoms with Gasteiger partial charge in [-0.05, 0) is 44.0 Å². The number of likely N-dealkylation sites (tertiary alicyclic amines) is 2. The second-order valence-corrected chi connectivity index (χ2v) is 8.90. The van der Waals surface area contributed by atoms with Crippen LogP contribution >= 0.6 is 0 Å². The Morgan fingerprint density at radius 1 is 1.10 bits per heavy atom. The molecule has 3 fully saturated rings. The number of fused-ring (bicyclic) bond motifs is 1. The van der Waals surface area contributed by atoms with Crippen LogP contribution < -0.4 is 0 Å². The van der Waals surface area contributed by atoms with Crippen LogP contribution in [0.2, 0.25) is 0 Å². The molecule has 4 heterocycles. The minimum atomic E-state index is 0.0991. The molecule has 7 nitrogen and oxygen atoms in total. The minimum Gasteiger partial charge on any atom is -0.370 e. The lowest BCUT2D eigenvalue weighted by Crippen LogP contribution is -2.58. The summed E-state index contributed by atoms with van der Waals surface area (Å²) in [6.07, 6.45) is 1.50. The summed E-state index contributed by atoms with van der Waals surface area (Å²) in [6, 6.07) is 10.7. The number of aryl methyl sites for hydroxylation is 2. The first-order valence-electron chi connectivity index (χ1n) is 10.8. The normalized spacial score (nSPS) is 24.5. The van der Waals surface area contributed by atoms with Gasteiger partial charge in [-0.1, -0.05) is 12.1 Å². The van der Waals surface area contributed by atoms with Gasteiger partial charge in [-0.25, -0.2) is 9.48 Å². The molecule has 3 aliphatic heterocycles. The maximum absolute atomic E-state index is 12.9. The third-order valence-electron chi connectivity index (χ3n) is 6.65. The van der Waals surface area contributed by atoms with Gasteiger partial charge in [0.05, 0.1) is 17.5 Å². The predicted molar refractivity (Wildman–Crippen MR) is 112 cm³/mol. The van der Waals surface area contributed by atoms with Gasteiger partial charge in [0.1, 0.15) is 6.61 Å². The number of nitrogens with zero attached hydrogens (tertiary/aromatic N) is 4. The highest BCUT2D eigenvalue weighted by Gasteiger charge is 2.40.